The second-order valence-electron chi connectivity index (χ2n) is 3.57. The minimum absolute atomic E-state index is 0.573. The average Bonchev–Trinajstić information content (AvgIpc) is 2.13. The van der Waals surface area contributed by atoms with E-state index in [9.17, 15) is 0 Å². The molecule has 1 aromatic rings. The van der Waals surface area contributed by atoms with Crippen LogP contribution < -0.4 is 2.81 Å². The van der Waals surface area contributed by atoms with E-state index >= 15 is 0 Å². The van der Waals surface area contributed by atoms with E-state index in [0.29, 0.717) is 25.2 Å². The Morgan fingerprint density at radius 2 is 1.00 bits per heavy atom. The summed E-state index contributed by atoms with van der Waals surface area (Å²) in [7, 11) is 0. The van der Waals surface area contributed by atoms with E-state index in [-0.39, 0.29) is 0 Å². The summed E-state index contributed by atoms with van der Waals surface area (Å²) in [6.45, 7) is 10.8. The van der Waals surface area contributed by atoms with Crippen LogP contribution in [0, 0.1) is 34.6 Å². The predicted molar refractivity (Wildman–Crippen MR) is 59.3 cm³/mol. The normalized spacial score (nSPS) is 10.3. The molecule has 0 aliphatic carbocycles. The molecule has 1 nitrogen and oxygen atoms in total. The molecule has 72 valence electrons. The molecule has 0 amide bonds. The number of hydrogen-bond acceptors (Lipinski definition) is 1. The van der Waals surface area contributed by atoms with Crippen molar-refractivity contribution in [3.63, 3.8) is 0 Å². The maximum atomic E-state index is 5.56. The zero-order valence-corrected chi connectivity index (χ0v) is 13.5. The molecule has 0 heterocycles. The van der Waals surface area contributed by atoms with Crippen molar-refractivity contribution in [2.75, 3.05) is 0 Å². The summed E-state index contributed by atoms with van der Waals surface area (Å²) in [4.78, 5) is 0. The third-order valence-corrected chi connectivity index (χ3v) is 3.97. The maximum absolute atomic E-state index is 5.56. The molecule has 0 radical (unpaired) electrons. The molecule has 0 N–H and O–H groups in total. The zero-order valence-electron chi connectivity index (χ0n) is 8.99. The van der Waals surface area contributed by atoms with Gasteiger partial charge in [-0.1, -0.05) is 0 Å². The van der Waals surface area contributed by atoms with Crippen LogP contribution in [0.2, 0.25) is 0 Å². The standard InChI is InChI=1S/C11H16O.Bi.2H/c1-6-7(2)9(4)11(12)10(5)8(6)3;;;/h12H,1-5H3;;;/q;+1;;/p-1. The Morgan fingerprint density at radius 1 is 0.692 bits per heavy atom. The molecule has 0 aliphatic heterocycles. The molecule has 0 fully saturated rings. The van der Waals surface area contributed by atoms with Crippen LogP contribution in [0.25, 0.3) is 0 Å². The summed E-state index contributed by atoms with van der Waals surface area (Å²) >= 11 is 0.573. The van der Waals surface area contributed by atoms with Crippen molar-refractivity contribution in [1.82, 2.24) is 0 Å². The van der Waals surface area contributed by atoms with Crippen molar-refractivity contribution in [3.8, 4) is 5.75 Å². The topological polar surface area (TPSA) is 9.23 Å². The number of hydrogen-bond donors (Lipinski definition) is 0. The molecule has 0 atom stereocenters. The minimum atomic E-state index is 0.573. The zero-order chi connectivity index (χ0) is 10.2. The molecule has 13 heavy (non-hydrogen) atoms. The molecule has 1 rings (SSSR count). The quantitative estimate of drug-likeness (QED) is 0.685. The van der Waals surface area contributed by atoms with Crippen molar-refractivity contribution >= 4 is 25.2 Å². The molecule has 0 spiro atoms. The van der Waals surface area contributed by atoms with Gasteiger partial charge < -0.3 is 0 Å². The van der Waals surface area contributed by atoms with E-state index in [1.54, 1.807) is 0 Å². The van der Waals surface area contributed by atoms with Crippen molar-refractivity contribution in [2.45, 2.75) is 34.6 Å². The van der Waals surface area contributed by atoms with Gasteiger partial charge >= 0.3 is 96.2 Å². The van der Waals surface area contributed by atoms with Gasteiger partial charge in [-0.15, -0.1) is 0 Å². The average molecular weight is 374 g/mol. The molecule has 0 saturated carbocycles. The van der Waals surface area contributed by atoms with E-state index in [0.717, 1.165) is 5.75 Å². The Kier molecular flexibility index (Phi) is 3.34. The van der Waals surface area contributed by atoms with Gasteiger partial charge in [-0.25, -0.2) is 0 Å². The first kappa shape index (κ1) is 11.0. The Morgan fingerprint density at radius 3 is 1.31 bits per heavy atom. The van der Waals surface area contributed by atoms with E-state index in [2.05, 4.69) is 34.6 Å². The van der Waals surface area contributed by atoms with Gasteiger partial charge in [0.25, 0.3) is 0 Å². The van der Waals surface area contributed by atoms with Crippen LogP contribution in [-0.2, 0) is 0 Å². The molecule has 0 aromatic heterocycles. The third-order valence-electron chi connectivity index (χ3n) is 3.05. The fourth-order valence-corrected chi connectivity index (χ4v) is 3.02. The molecule has 0 bridgehead atoms. The van der Waals surface area contributed by atoms with Gasteiger partial charge in [0.2, 0.25) is 0 Å². The second kappa shape index (κ2) is 3.96. The molecule has 0 saturated heterocycles. The van der Waals surface area contributed by atoms with E-state index < -0.39 is 0 Å². The van der Waals surface area contributed by atoms with Gasteiger partial charge in [-0.3, -0.25) is 0 Å². The van der Waals surface area contributed by atoms with Crippen molar-refractivity contribution in [3.05, 3.63) is 27.8 Å². The van der Waals surface area contributed by atoms with Crippen LogP contribution in [0.1, 0.15) is 27.8 Å². The van der Waals surface area contributed by atoms with Crippen LogP contribution in [-0.4, -0.2) is 25.2 Å². The van der Waals surface area contributed by atoms with Gasteiger partial charge in [0, 0.05) is 0 Å². The molecule has 1 aromatic carbocycles. The van der Waals surface area contributed by atoms with Gasteiger partial charge in [-0.05, 0) is 0 Å². The fraction of sp³-hybridized carbons (Fsp3) is 0.455. The van der Waals surface area contributed by atoms with Gasteiger partial charge in [0.15, 0.2) is 0 Å². The molecular formula is C11H17BiO. The monoisotopic (exact) mass is 374 g/mol. The first-order chi connectivity index (χ1) is 6.00. The second-order valence-corrected chi connectivity index (χ2v) is 4.49. The summed E-state index contributed by atoms with van der Waals surface area (Å²) in [5.74, 6) is 1.12. The van der Waals surface area contributed by atoms with Crippen LogP contribution in [0.4, 0.5) is 0 Å². The number of rotatable bonds is 1. The Balaban J connectivity index is 3.56. The molecular weight excluding hydrogens is 357 g/mol. The third kappa shape index (κ3) is 1.74. The molecule has 2 heteroatoms. The molecule has 0 unspecified atom stereocenters. The van der Waals surface area contributed by atoms with Gasteiger partial charge in [0.05, 0.1) is 0 Å². The van der Waals surface area contributed by atoms with Crippen LogP contribution in [0.3, 0.4) is 0 Å². The number of benzene rings is 1. The van der Waals surface area contributed by atoms with Gasteiger partial charge in [0.1, 0.15) is 0 Å². The summed E-state index contributed by atoms with van der Waals surface area (Å²) in [6.07, 6.45) is 0. The SMILES string of the molecule is Cc1c(C)c(C)c([O][BiH2])c(C)c1C. The van der Waals surface area contributed by atoms with Crippen molar-refractivity contribution in [1.29, 1.82) is 0 Å². The van der Waals surface area contributed by atoms with Crippen LogP contribution in [0.5, 0.6) is 5.75 Å². The van der Waals surface area contributed by atoms with Gasteiger partial charge in [-0.2, -0.15) is 0 Å². The summed E-state index contributed by atoms with van der Waals surface area (Å²) in [5, 5.41) is 0. The Labute approximate surface area is 96.0 Å². The van der Waals surface area contributed by atoms with Crippen molar-refractivity contribution in [2.24, 2.45) is 0 Å². The van der Waals surface area contributed by atoms with E-state index in [4.69, 9.17) is 2.81 Å². The van der Waals surface area contributed by atoms with Crippen LogP contribution in [0.15, 0.2) is 0 Å². The Hall–Kier alpha value is -0.0969. The summed E-state index contributed by atoms with van der Waals surface area (Å²) in [6, 6.07) is 0. The first-order valence-corrected chi connectivity index (χ1v) is 6.27. The van der Waals surface area contributed by atoms with E-state index in [1.807, 2.05) is 0 Å². The fourth-order valence-electron chi connectivity index (χ4n) is 1.64. The summed E-state index contributed by atoms with van der Waals surface area (Å²) in [5.41, 5.74) is 6.77. The first-order valence-electron chi connectivity index (χ1n) is 4.44. The molecule has 0 aliphatic rings. The van der Waals surface area contributed by atoms with Crippen LogP contribution >= 0.6 is 0 Å². The Bertz CT molecular complexity index is 313. The van der Waals surface area contributed by atoms with E-state index in [1.165, 1.54) is 27.8 Å². The summed E-state index contributed by atoms with van der Waals surface area (Å²) < 4.78 is 5.56. The predicted octanol–water partition coefficient (Wildman–Crippen LogP) is 2.16. The van der Waals surface area contributed by atoms with Crippen molar-refractivity contribution < 1.29 is 2.81 Å².